The van der Waals surface area contributed by atoms with Gasteiger partial charge in [-0.3, -0.25) is 10.1 Å². The van der Waals surface area contributed by atoms with Crippen LogP contribution in [0.15, 0.2) is 27.3 Å². The number of rotatable bonds is 3. The summed E-state index contributed by atoms with van der Waals surface area (Å²) in [7, 11) is 0. The van der Waals surface area contributed by atoms with Gasteiger partial charge >= 0.3 is 0 Å². The van der Waals surface area contributed by atoms with Crippen LogP contribution >= 0.6 is 27.5 Å². The molecule has 2 aromatic rings. The lowest BCUT2D eigenvalue weighted by molar-refractivity contribution is 0.102. The minimum atomic E-state index is -0.398. The van der Waals surface area contributed by atoms with E-state index in [4.69, 9.17) is 16.1 Å². The van der Waals surface area contributed by atoms with Crippen molar-refractivity contribution in [1.29, 1.82) is 0 Å². The van der Waals surface area contributed by atoms with Gasteiger partial charge < -0.3 is 4.52 Å². The van der Waals surface area contributed by atoms with E-state index in [1.807, 2.05) is 13.8 Å². The number of pyridine rings is 1. The molecule has 0 atom stereocenters. The fourth-order valence-electron chi connectivity index (χ4n) is 1.38. The molecule has 100 valence electrons. The van der Waals surface area contributed by atoms with Crippen LogP contribution in [0.3, 0.4) is 0 Å². The predicted molar refractivity (Wildman–Crippen MR) is 75.5 cm³/mol. The highest BCUT2D eigenvalue weighted by molar-refractivity contribution is 9.10. The SMILES string of the molecule is CC(C)c1cc(NC(=O)c2cc(Br)cnc2Cl)on1. The van der Waals surface area contributed by atoms with E-state index in [2.05, 4.69) is 31.4 Å². The van der Waals surface area contributed by atoms with Crippen LogP contribution in [0.2, 0.25) is 5.15 Å². The van der Waals surface area contributed by atoms with Crippen LogP contribution in [-0.4, -0.2) is 16.0 Å². The maximum absolute atomic E-state index is 12.0. The monoisotopic (exact) mass is 343 g/mol. The molecule has 2 rings (SSSR count). The molecule has 0 radical (unpaired) electrons. The highest BCUT2D eigenvalue weighted by Gasteiger charge is 2.15. The predicted octanol–water partition coefficient (Wildman–Crippen LogP) is 3.86. The van der Waals surface area contributed by atoms with Crippen LogP contribution < -0.4 is 5.32 Å². The third-order valence-electron chi connectivity index (χ3n) is 2.41. The first kappa shape index (κ1) is 14.0. The molecular weight excluding hydrogens is 334 g/mol. The van der Waals surface area contributed by atoms with Gasteiger partial charge in [0.1, 0.15) is 5.15 Å². The molecule has 1 amide bonds. The quantitative estimate of drug-likeness (QED) is 0.858. The van der Waals surface area contributed by atoms with Gasteiger partial charge in [-0.1, -0.05) is 30.6 Å². The van der Waals surface area contributed by atoms with Gasteiger partial charge in [-0.05, 0) is 27.9 Å². The van der Waals surface area contributed by atoms with E-state index in [1.54, 1.807) is 12.1 Å². The molecule has 0 bridgehead atoms. The largest absolute Gasteiger partial charge is 0.338 e. The summed E-state index contributed by atoms with van der Waals surface area (Å²) in [4.78, 5) is 15.9. The third-order valence-corrected chi connectivity index (χ3v) is 3.14. The Balaban J connectivity index is 2.18. The van der Waals surface area contributed by atoms with Crippen molar-refractivity contribution >= 4 is 39.3 Å². The average molecular weight is 345 g/mol. The normalized spacial score (nSPS) is 10.8. The van der Waals surface area contributed by atoms with Gasteiger partial charge in [0.25, 0.3) is 5.91 Å². The zero-order chi connectivity index (χ0) is 14.0. The maximum atomic E-state index is 12.0. The number of nitrogens with one attached hydrogen (secondary N) is 1. The van der Waals surface area contributed by atoms with Crippen molar-refractivity contribution in [3.05, 3.63) is 39.2 Å². The number of hydrogen-bond donors (Lipinski definition) is 1. The van der Waals surface area contributed by atoms with Gasteiger partial charge in [0.2, 0.25) is 5.88 Å². The van der Waals surface area contributed by atoms with E-state index in [-0.39, 0.29) is 22.5 Å². The van der Waals surface area contributed by atoms with Crippen LogP contribution in [0.4, 0.5) is 5.88 Å². The molecule has 1 N–H and O–H groups in total. The third kappa shape index (κ3) is 3.33. The second-order valence-corrected chi connectivity index (χ2v) is 5.49. The van der Waals surface area contributed by atoms with Gasteiger partial charge in [0.05, 0.1) is 11.3 Å². The molecule has 0 aliphatic heterocycles. The molecule has 7 heteroatoms. The molecule has 2 aromatic heterocycles. The van der Waals surface area contributed by atoms with E-state index in [0.29, 0.717) is 4.47 Å². The minimum absolute atomic E-state index is 0.129. The van der Waals surface area contributed by atoms with Gasteiger partial charge in [-0.25, -0.2) is 4.98 Å². The lowest BCUT2D eigenvalue weighted by atomic mass is 10.1. The van der Waals surface area contributed by atoms with Crippen LogP contribution in [0.1, 0.15) is 35.8 Å². The molecule has 19 heavy (non-hydrogen) atoms. The van der Waals surface area contributed by atoms with Crippen molar-refractivity contribution in [3.63, 3.8) is 0 Å². The standard InChI is InChI=1S/C12H11BrClN3O2/c1-6(2)9-4-10(19-17-9)16-12(18)8-3-7(13)5-15-11(8)14/h3-6H,1-2H3,(H,16,18). The van der Waals surface area contributed by atoms with Crippen LogP contribution in [0.25, 0.3) is 0 Å². The molecule has 2 heterocycles. The molecule has 0 fully saturated rings. The van der Waals surface area contributed by atoms with Crippen molar-refractivity contribution in [3.8, 4) is 0 Å². The molecule has 0 aliphatic rings. The summed E-state index contributed by atoms with van der Waals surface area (Å²) in [6.07, 6.45) is 1.52. The first-order chi connectivity index (χ1) is 8.97. The van der Waals surface area contributed by atoms with E-state index in [0.717, 1.165) is 5.69 Å². The van der Waals surface area contributed by atoms with Crippen molar-refractivity contribution in [1.82, 2.24) is 10.1 Å². The summed E-state index contributed by atoms with van der Waals surface area (Å²) in [6.45, 7) is 3.97. The van der Waals surface area contributed by atoms with Gasteiger partial charge in [0, 0.05) is 16.7 Å². The number of carbonyl (C=O) groups excluding carboxylic acids is 1. The van der Waals surface area contributed by atoms with Crippen molar-refractivity contribution in [2.75, 3.05) is 5.32 Å². The number of hydrogen-bond acceptors (Lipinski definition) is 4. The summed E-state index contributed by atoms with van der Waals surface area (Å²) < 4.78 is 5.70. The van der Waals surface area contributed by atoms with E-state index in [1.165, 1.54) is 6.20 Å². The Labute approximate surface area is 123 Å². The van der Waals surface area contributed by atoms with E-state index in [9.17, 15) is 4.79 Å². The van der Waals surface area contributed by atoms with Gasteiger partial charge in [-0.15, -0.1) is 0 Å². The summed E-state index contributed by atoms with van der Waals surface area (Å²) in [5, 5.41) is 6.57. The Hall–Kier alpha value is -1.40. The van der Waals surface area contributed by atoms with Crippen LogP contribution in [0, 0.1) is 0 Å². The smallest absolute Gasteiger partial charge is 0.261 e. The number of carbonyl (C=O) groups is 1. The Morgan fingerprint density at radius 1 is 1.47 bits per heavy atom. The molecule has 0 unspecified atom stereocenters. The fourth-order valence-corrected chi connectivity index (χ4v) is 1.90. The zero-order valence-electron chi connectivity index (χ0n) is 10.3. The number of anilines is 1. The van der Waals surface area contributed by atoms with Gasteiger partial charge in [-0.2, -0.15) is 0 Å². The molecule has 0 saturated heterocycles. The second-order valence-electron chi connectivity index (χ2n) is 4.22. The molecule has 5 nitrogen and oxygen atoms in total. The molecule has 0 aliphatic carbocycles. The Kier molecular flexibility index (Phi) is 4.21. The molecule has 0 spiro atoms. The van der Waals surface area contributed by atoms with Crippen molar-refractivity contribution in [2.24, 2.45) is 0 Å². The number of amides is 1. The zero-order valence-corrected chi connectivity index (χ0v) is 12.6. The first-order valence-corrected chi connectivity index (χ1v) is 6.73. The second kappa shape index (κ2) is 5.71. The lowest BCUT2D eigenvalue weighted by Gasteiger charge is -2.03. The summed E-state index contributed by atoms with van der Waals surface area (Å²) in [5.41, 5.74) is 1.03. The van der Waals surface area contributed by atoms with Gasteiger partial charge in [0.15, 0.2) is 0 Å². The Bertz CT molecular complexity index is 613. The van der Waals surface area contributed by atoms with Crippen molar-refractivity contribution < 1.29 is 9.32 Å². The van der Waals surface area contributed by atoms with Crippen LogP contribution in [-0.2, 0) is 0 Å². The highest BCUT2D eigenvalue weighted by Crippen LogP contribution is 2.21. The molecule has 0 aromatic carbocycles. The first-order valence-electron chi connectivity index (χ1n) is 5.56. The minimum Gasteiger partial charge on any atom is -0.338 e. The fraction of sp³-hybridized carbons (Fsp3) is 0.250. The molecule has 0 saturated carbocycles. The molecular formula is C12H11BrClN3O2. The van der Waals surface area contributed by atoms with E-state index < -0.39 is 5.91 Å². The lowest BCUT2D eigenvalue weighted by Crippen LogP contribution is -2.12. The maximum Gasteiger partial charge on any atom is 0.261 e. The Morgan fingerprint density at radius 3 is 2.84 bits per heavy atom. The summed E-state index contributed by atoms with van der Waals surface area (Å²) in [5.74, 6) is 0.112. The van der Waals surface area contributed by atoms with Crippen molar-refractivity contribution in [2.45, 2.75) is 19.8 Å². The Morgan fingerprint density at radius 2 is 2.21 bits per heavy atom. The number of halogens is 2. The average Bonchev–Trinajstić information content (AvgIpc) is 2.80. The highest BCUT2D eigenvalue weighted by atomic mass is 79.9. The number of aromatic nitrogens is 2. The summed E-state index contributed by atoms with van der Waals surface area (Å²) >= 11 is 9.11. The number of nitrogens with zero attached hydrogens (tertiary/aromatic N) is 2. The van der Waals surface area contributed by atoms with E-state index >= 15 is 0 Å². The topological polar surface area (TPSA) is 68.0 Å². The van der Waals surface area contributed by atoms with Crippen LogP contribution in [0.5, 0.6) is 0 Å². The summed E-state index contributed by atoms with van der Waals surface area (Å²) in [6, 6.07) is 3.27.